The first-order valence-electron chi connectivity index (χ1n) is 9.71. The second-order valence-electron chi connectivity index (χ2n) is 6.98. The number of rotatable bonds is 6. The number of aromatic amines is 1. The maximum atomic E-state index is 12.3. The minimum Gasteiger partial charge on any atom is -0.497 e. The summed E-state index contributed by atoms with van der Waals surface area (Å²) >= 11 is 1.16. The fraction of sp³-hybridized carbons (Fsp3) is 0.429. The third-order valence-corrected chi connectivity index (χ3v) is 5.81. The molecule has 0 saturated heterocycles. The second kappa shape index (κ2) is 10.1. The predicted molar refractivity (Wildman–Crippen MR) is 112 cm³/mol. The molecule has 8 heteroatoms. The smallest absolute Gasteiger partial charge is 0.270 e. The summed E-state index contributed by atoms with van der Waals surface area (Å²) in [6.07, 6.45) is 6.78. The van der Waals surface area contributed by atoms with Gasteiger partial charge in [0.25, 0.3) is 5.56 Å². The van der Waals surface area contributed by atoms with E-state index in [1.807, 2.05) is 6.07 Å². The molecular formula is C21H24N4O3S. The van der Waals surface area contributed by atoms with E-state index in [0.717, 1.165) is 37.4 Å². The Morgan fingerprint density at radius 2 is 1.97 bits per heavy atom. The molecular weight excluding hydrogens is 388 g/mol. The van der Waals surface area contributed by atoms with Crippen molar-refractivity contribution in [3.8, 4) is 23.1 Å². The number of benzene rings is 1. The van der Waals surface area contributed by atoms with Gasteiger partial charge in [-0.05, 0) is 37.1 Å². The van der Waals surface area contributed by atoms with Crippen LogP contribution in [0.1, 0.15) is 44.1 Å². The second-order valence-corrected chi connectivity index (χ2v) is 7.94. The van der Waals surface area contributed by atoms with Crippen LogP contribution in [0.2, 0.25) is 0 Å². The molecule has 2 N–H and O–H groups in total. The Labute approximate surface area is 173 Å². The molecule has 1 fully saturated rings. The van der Waals surface area contributed by atoms with E-state index in [0.29, 0.717) is 22.2 Å². The number of nitrogens with zero attached hydrogens (tertiary/aromatic N) is 2. The van der Waals surface area contributed by atoms with E-state index in [1.165, 1.54) is 12.8 Å². The monoisotopic (exact) mass is 412 g/mol. The van der Waals surface area contributed by atoms with Gasteiger partial charge in [0.05, 0.1) is 18.6 Å². The van der Waals surface area contributed by atoms with Crippen LogP contribution in [0.5, 0.6) is 5.75 Å². The Balaban J connectivity index is 1.72. The molecule has 1 aliphatic rings. The van der Waals surface area contributed by atoms with Gasteiger partial charge in [0.2, 0.25) is 5.91 Å². The molecule has 152 valence electrons. The molecule has 0 spiro atoms. The quantitative estimate of drug-likeness (QED) is 0.428. The van der Waals surface area contributed by atoms with Crippen LogP contribution in [-0.2, 0) is 4.79 Å². The van der Waals surface area contributed by atoms with E-state index in [4.69, 9.17) is 4.74 Å². The number of H-pyrrole nitrogens is 1. The molecule has 1 amide bonds. The van der Waals surface area contributed by atoms with Crippen molar-refractivity contribution >= 4 is 17.7 Å². The number of nitriles is 1. The summed E-state index contributed by atoms with van der Waals surface area (Å²) in [6, 6.07) is 9.12. The maximum absolute atomic E-state index is 12.3. The first kappa shape index (κ1) is 20.9. The van der Waals surface area contributed by atoms with Crippen LogP contribution in [-0.4, -0.2) is 34.8 Å². The largest absolute Gasteiger partial charge is 0.497 e. The number of hydrogen-bond acceptors (Lipinski definition) is 6. The number of thioether (sulfide) groups is 1. The lowest BCUT2D eigenvalue weighted by atomic mass is 10.1. The standard InChI is InChI=1S/C21H24N4O3S/c1-28-16-10-8-14(9-11-16)19-17(12-22)20(27)25-21(24-19)29-13-18(26)23-15-6-4-2-3-5-7-15/h8-11,15H,2-7,13H2,1H3,(H,23,26)(H,24,25,27). The van der Waals surface area contributed by atoms with Gasteiger partial charge in [0, 0.05) is 11.6 Å². The highest BCUT2D eigenvalue weighted by Crippen LogP contribution is 2.24. The van der Waals surface area contributed by atoms with Gasteiger partial charge in [0.15, 0.2) is 5.16 Å². The molecule has 0 radical (unpaired) electrons. The van der Waals surface area contributed by atoms with Crippen molar-refractivity contribution in [1.29, 1.82) is 5.26 Å². The van der Waals surface area contributed by atoms with Crippen LogP contribution in [0.4, 0.5) is 0 Å². The third-order valence-electron chi connectivity index (χ3n) is 4.93. The average molecular weight is 413 g/mol. The molecule has 29 heavy (non-hydrogen) atoms. The van der Waals surface area contributed by atoms with E-state index in [-0.39, 0.29) is 23.3 Å². The zero-order chi connectivity index (χ0) is 20.6. The Morgan fingerprint density at radius 1 is 1.28 bits per heavy atom. The lowest BCUT2D eigenvalue weighted by Gasteiger charge is -2.15. The van der Waals surface area contributed by atoms with E-state index in [2.05, 4.69) is 15.3 Å². The highest BCUT2D eigenvalue weighted by atomic mass is 32.2. The summed E-state index contributed by atoms with van der Waals surface area (Å²) in [4.78, 5) is 31.7. The van der Waals surface area contributed by atoms with Gasteiger partial charge in [-0.2, -0.15) is 5.26 Å². The zero-order valence-corrected chi connectivity index (χ0v) is 17.2. The van der Waals surface area contributed by atoms with Gasteiger partial charge in [-0.1, -0.05) is 37.4 Å². The van der Waals surface area contributed by atoms with Gasteiger partial charge in [0.1, 0.15) is 17.4 Å². The van der Waals surface area contributed by atoms with E-state index >= 15 is 0 Å². The molecule has 0 unspecified atom stereocenters. The number of ether oxygens (including phenoxy) is 1. The van der Waals surface area contributed by atoms with Crippen molar-refractivity contribution in [2.45, 2.75) is 49.7 Å². The molecule has 1 aromatic heterocycles. The van der Waals surface area contributed by atoms with Gasteiger partial charge >= 0.3 is 0 Å². The first-order chi connectivity index (χ1) is 14.1. The zero-order valence-electron chi connectivity index (χ0n) is 16.4. The molecule has 2 aromatic rings. The normalized spacial score (nSPS) is 14.6. The Kier molecular flexibility index (Phi) is 7.30. The van der Waals surface area contributed by atoms with Crippen molar-refractivity contribution in [3.63, 3.8) is 0 Å². The first-order valence-corrected chi connectivity index (χ1v) is 10.7. The Morgan fingerprint density at radius 3 is 2.59 bits per heavy atom. The lowest BCUT2D eigenvalue weighted by Crippen LogP contribution is -2.35. The maximum Gasteiger partial charge on any atom is 0.270 e. The topological polar surface area (TPSA) is 108 Å². The molecule has 1 saturated carbocycles. The number of nitrogens with one attached hydrogen (secondary N) is 2. The molecule has 3 rings (SSSR count). The van der Waals surface area contributed by atoms with Crippen molar-refractivity contribution in [2.24, 2.45) is 0 Å². The molecule has 1 heterocycles. The number of carbonyl (C=O) groups excluding carboxylic acids is 1. The number of amides is 1. The van der Waals surface area contributed by atoms with E-state index in [1.54, 1.807) is 31.4 Å². The fourth-order valence-electron chi connectivity index (χ4n) is 3.41. The minimum absolute atomic E-state index is 0.0533. The summed E-state index contributed by atoms with van der Waals surface area (Å²) in [5, 5.41) is 12.8. The van der Waals surface area contributed by atoms with Crippen LogP contribution in [0.3, 0.4) is 0 Å². The van der Waals surface area contributed by atoms with E-state index < -0.39 is 5.56 Å². The van der Waals surface area contributed by atoms with Gasteiger partial charge in [-0.3, -0.25) is 9.59 Å². The fourth-order valence-corrected chi connectivity index (χ4v) is 4.08. The summed E-state index contributed by atoms with van der Waals surface area (Å²) in [6.45, 7) is 0. The van der Waals surface area contributed by atoms with Gasteiger partial charge in [-0.25, -0.2) is 4.98 Å². The minimum atomic E-state index is -0.514. The lowest BCUT2D eigenvalue weighted by molar-refractivity contribution is -0.119. The van der Waals surface area contributed by atoms with Crippen LogP contribution in [0.25, 0.3) is 11.3 Å². The summed E-state index contributed by atoms with van der Waals surface area (Å²) in [5.74, 6) is 0.759. The van der Waals surface area contributed by atoms with Crippen molar-refractivity contribution in [1.82, 2.24) is 15.3 Å². The summed E-state index contributed by atoms with van der Waals surface area (Å²) in [5.41, 5.74) is 0.367. The SMILES string of the molecule is COc1ccc(-c2nc(SCC(=O)NC3CCCCCC3)[nH]c(=O)c2C#N)cc1. The van der Waals surface area contributed by atoms with E-state index in [9.17, 15) is 14.9 Å². The van der Waals surface area contributed by atoms with Crippen LogP contribution >= 0.6 is 11.8 Å². The number of hydrogen-bond donors (Lipinski definition) is 2. The summed E-state index contributed by atoms with van der Waals surface area (Å²) in [7, 11) is 1.57. The molecule has 7 nitrogen and oxygen atoms in total. The van der Waals surface area contributed by atoms with Gasteiger partial charge in [-0.15, -0.1) is 0 Å². The number of aromatic nitrogens is 2. The Bertz CT molecular complexity index is 942. The Hall–Kier alpha value is -2.79. The molecule has 0 aliphatic heterocycles. The third kappa shape index (κ3) is 5.61. The molecule has 0 bridgehead atoms. The van der Waals surface area contributed by atoms with Crippen molar-refractivity contribution < 1.29 is 9.53 Å². The summed E-state index contributed by atoms with van der Waals surface area (Å²) < 4.78 is 5.14. The van der Waals surface area contributed by atoms with Crippen LogP contribution in [0, 0.1) is 11.3 Å². The molecule has 1 aliphatic carbocycles. The average Bonchev–Trinajstić information content (AvgIpc) is 3.00. The van der Waals surface area contributed by atoms with Crippen molar-refractivity contribution in [2.75, 3.05) is 12.9 Å². The molecule has 0 atom stereocenters. The van der Waals surface area contributed by atoms with Gasteiger partial charge < -0.3 is 15.0 Å². The van der Waals surface area contributed by atoms with Crippen LogP contribution in [0.15, 0.2) is 34.2 Å². The van der Waals surface area contributed by atoms with Crippen LogP contribution < -0.4 is 15.6 Å². The molecule has 1 aromatic carbocycles. The van der Waals surface area contributed by atoms with Crippen molar-refractivity contribution in [3.05, 3.63) is 40.2 Å². The highest BCUT2D eigenvalue weighted by Gasteiger charge is 2.17. The highest BCUT2D eigenvalue weighted by molar-refractivity contribution is 7.99. The predicted octanol–water partition coefficient (Wildman–Crippen LogP) is 3.25. The number of methoxy groups -OCH3 is 1. The number of carbonyl (C=O) groups is 1.